The molecule has 1 saturated heterocycles. The first-order chi connectivity index (χ1) is 13.6. The molecule has 0 N–H and O–H groups in total. The third-order valence-corrected chi connectivity index (χ3v) is 6.97. The molecular weight excluding hydrogens is 425 g/mol. The molecule has 0 unspecified atom stereocenters. The molecular formula is C22H25Cl2N3OS. The summed E-state index contributed by atoms with van der Waals surface area (Å²) >= 11 is 8.07. The monoisotopic (exact) mass is 449 g/mol. The first-order valence-electron chi connectivity index (χ1n) is 9.71. The summed E-state index contributed by atoms with van der Waals surface area (Å²) in [6.45, 7) is 6.53. The van der Waals surface area contributed by atoms with Crippen molar-refractivity contribution in [3.8, 4) is 0 Å². The maximum absolute atomic E-state index is 13.1. The summed E-state index contributed by atoms with van der Waals surface area (Å²) in [6, 6.07) is 10.3. The molecule has 4 rings (SSSR count). The third kappa shape index (κ3) is 5.10. The van der Waals surface area contributed by atoms with E-state index in [2.05, 4.69) is 35.0 Å². The average molecular weight is 450 g/mol. The lowest BCUT2D eigenvalue weighted by atomic mass is 10.2. The lowest BCUT2D eigenvalue weighted by Gasteiger charge is -2.21. The van der Waals surface area contributed by atoms with Gasteiger partial charge in [-0.1, -0.05) is 23.7 Å². The molecule has 7 heteroatoms. The molecule has 2 aromatic heterocycles. The summed E-state index contributed by atoms with van der Waals surface area (Å²) in [5.41, 5.74) is 2.49. The SMILES string of the molecule is Cc1ccc2c(Cl)c(C(=O)N3CCCN(CCc4ccncc4)CC3)sc2c1.Cl. The number of carbonyl (C=O) groups excluding carboxylic acids is 1. The molecule has 0 saturated carbocycles. The van der Waals surface area contributed by atoms with Gasteiger partial charge in [-0.3, -0.25) is 9.78 Å². The molecule has 0 radical (unpaired) electrons. The number of halogens is 2. The highest BCUT2D eigenvalue weighted by atomic mass is 35.5. The summed E-state index contributed by atoms with van der Waals surface area (Å²) in [7, 11) is 0. The fourth-order valence-corrected chi connectivity index (χ4v) is 5.27. The molecule has 0 aliphatic carbocycles. The number of pyridine rings is 1. The smallest absolute Gasteiger partial charge is 0.265 e. The molecule has 154 valence electrons. The zero-order valence-electron chi connectivity index (χ0n) is 16.4. The predicted octanol–water partition coefficient (Wildman–Crippen LogP) is 5.07. The van der Waals surface area contributed by atoms with Gasteiger partial charge >= 0.3 is 0 Å². The molecule has 0 atom stereocenters. The van der Waals surface area contributed by atoms with Crippen molar-refractivity contribution in [2.24, 2.45) is 0 Å². The Labute approximate surface area is 186 Å². The fourth-order valence-electron chi connectivity index (χ4n) is 3.69. The molecule has 3 heterocycles. The highest BCUT2D eigenvalue weighted by Gasteiger charge is 2.24. The van der Waals surface area contributed by atoms with Crippen LogP contribution in [0.1, 0.15) is 27.2 Å². The number of amides is 1. The van der Waals surface area contributed by atoms with Crippen molar-refractivity contribution in [1.82, 2.24) is 14.8 Å². The molecule has 1 amide bonds. The highest BCUT2D eigenvalue weighted by Crippen LogP contribution is 2.36. The topological polar surface area (TPSA) is 36.4 Å². The number of hydrogen-bond acceptors (Lipinski definition) is 4. The number of benzene rings is 1. The number of fused-ring (bicyclic) bond motifs is 1. The molecule has 1 aliphatic heterocycles. The number of aryl methyl sites for hydroxylation is 1. The minimum atomic E-state index is 0. The van der Waals surface area contributed by atoms with Crippen molar-refractivity contribution in [2.75, 3.05) is 32.7 Å². The van der Waals surface area contributed by atoms with Crippen LogP contribution in [0.3, 0.4) is 0 Å². The van der Waals surface area contributed by atoms with E-state index in [-0.39, 0.29) is 18.3 Å². The van der Waals surface area contributed by atoms with Crippen LogP contribution in [0.4, 0.5) is 0 Å². The van der Waals surface area contributed by atoms with Crippen LogP contribution in [-0.4, -0.2) is 53.4 Å². The van der Waals surface area contributed by atoms with Crippen LogP contribution in [0.2, 0.25) is 5.02 Å². The molecule has 0 spiro atoms. The van der Waals surface area contributed by atoms with Crippen molar-refractivity contribution < 1.29 is 4.79 Å². The van der Waals surface area contributed by atoms with Crippen molar-refractivity contribution in [3.05, 3.63) is 63.8 Å². The molecule has 4 nitrogen and oxygen atoms in total. The third-order valence-electron chi connectivity index (χ3n) is 5.32. The van der Waals surface area contributed by atoms with Gasteiger partial charge in [0.15, 0.2) is 0 Å². The maximum Gasteiger partial charge on any atom is 0.265 e. The van der Waals surface area contributed by atoms with Gasteiger partial charge in [-0.05, 0) is 55.6 Å². The number of aromatic nitrogens is 1. The molecule has 3 aromatic rings. The molecule has 1 aromatic carbocycles. The second-order valence-electron chi connectivity index (χ2n) is 7.34. The number of thiophene rings is 1. The van der Waals surface area contributed by atoms with Gasteiger partial charge in [0.1, 0.15) is 4.88 Å². The van der Waals surface area contributed by atoms with E-state index in [9.17, 15) is 4.79 Å². The fraction of sp³-hybridized carbons (Fsp3) is 0.364. The zero-order chi connectivity index (χ0) is 19.5. The van der Waals surface area contributed by atoms with Gasteiger partial charge in [-0.15, -0.1) is 23.7 Å². The Kier molecular flexibility index (Phi) is 7.52. The number of hydrogen-bond donors (Lipinski definition) is 0. The Balaban J connectivity index is 0.00000240. The first-order valence-corrected chi connectivity index (χ1v) is 10.9. The van der Waals surface area contributed by atoms with Crippen molar-refractivity contribution >= 4 is 51.3 Å². The van der Waals surface area contributed by atoms with Crippen molar-refractivity contribution in [2.45, 2.75) is 19.8 Å². The number of nitrogens with zero attached hydrogens (tertiary/aromatic N) is 3. The lowest BCUT2D eigenvalue weighted by Crippen LogP contribution is -2.35. The minimum Gasteiger partial charge on any atom is -0.337 e. The Bertz CT molecular complexity index is 977. The van der Waals surface area contributed by atoms with Crippen molar-refractivity contribution in [1.29, 1.82) is 0 Å². The van der Waals surface area contributed by atoms with Crippen molar-refractivity contribution in [3.63, 3.8) is 0 Å². The van der Waals surface area contributed by atoms with E-state index in [0.717, 1.165) is 55.7 Å². The van der Waals surface area contributed by atoms with E-state index in [1.807, 2.05) is 29.4 Å². The molecule has 1 fully saturated rings. The van der Waals surface area contributed by atoms with Gasteiger partial charge in [0.25, 0.3) is 5.91 Å². The van der Waals surface area contributed by atoms with Gasteiger partial charge in [0, 0.05) is 48.7 Å². The van der Waals surface area contributed by atoms with E-state index in [1.165, 1.54) is 22.5 Å². The predicted molar refractivity (Wildman–Crippen MR) is 124 cm³/mol. The maximum atomic E-state index is 13.1. The Hall–Kier alpha value is -1.66. The summed E-state index contributed by atoms with van der Waals surface area (Å²) in [5.74, 6) is 0.0693. The van der Waals surface area contributed by atoms with Crippen LogP contribution < -0.4 is 0 Å². The second-order valence-corrected chi connectivity index (χ2v) is 8.77. The van der Waals surface area contributed by atoms with Gasteiger partial charge < -0.3 is 9.80 Å². The standard InChI is InChI=1S/C22H24ClN3OS.ClH/c1-16-3-4-18-19(15-16)28-21(20(18)23)22(27)26-11-2-10-25(13-14-26)12-7-17-5-8-24-9-6-17;/h3-6,8-9,15H,2,7,10-14H2,1H3;1H. The van der Waals surface area contributed by atoms with E-state index >= 15 is 0 Å². The minimum absolute atomic E-state index is 0. The lowest BCUT2D eigenvalue weighted by molar-refractivity contribution is 0.0766. The summed E-state index contributed by atoms with van der Waals surface area (Å²) in [4.78, 5) is 22.3. The largest absolute Gasteiger partial charge is 0.337 e. The van der Waals surface area contributed by atoms with E-state index < -0.39 is 0 Å². The van der Waals surface area contributed by atoms with Gasteiger partial charge in [0.05, 0.1) is 5.02 Å². The summed E-state index contributed by atoms with van der Waals surface area (Å²) in [6.07, 6.45) is 5.68. The molecule has 29 heavy (non-hydrogen) atoms. The Morgan fingerprint density at radius 2 is 1.93 bits per heavy atom. The first kappa shape index (κ1) is 22.0. The van der Waals surface area contributed by atoms with Gasteiger partial charge in [-0.25, -0.2) is 0 Å². The summed E-state index contributed by atoms with van der Waals surface area (Å²) < 4.78 is 1.09. The average Bonchev–Trinajstić information content (AvgIpc) is 2.88. The second kappa shape index (κ2) is 9.90. The van der Waals surface area contributed by atoms with Crippen LogP contribution in [0.5, 0.6) is 0 Å². The van der Waals surface area contributed by atoms with E-state index in [1.54, 1.807) is 0 Å². The van der Waals surface area contributed by atoms with Gasteiger partial charge in [0.2, 0.25) is 0 Å². The quantitative estimate of drug-likeness (QED) is 0.557. The normalized spacial score (nSPS) is 15.2. The van der Waals surface area contributed by atoms with Crippen LogP contribution in [0.15, 0.2) is 42.7 Å². The van der Waals surface area contributed by atoms with Crippen LogP contribution in [0.25, 0.3) is 10.1 Å². The van der Waals surface area contributed by atoms with E-state index in [0.29, 0.717) is 9.90 Å². The van der Waals surface area contributed by atoms with Crippen LogP contribution in [-0.2, 0) is 6.42 Å². The highest BCUT2D eigenvalue weighted by molar-refractivity contribution is 7.21. The zero-order valence-corrected chi connectivity index (χ0v) is 18.8. The Morgan fingerprint density at radius 3 is 2.72 bits per heavy atom. The molecule has 1 aliphatic rings. The van der Waals surface area contributed by atoms with Crippen LogP contribution >= 0.6 is 35.3 Å². The Morgan fingerprint density at radius 1 is 1.14 bits per heavy atom. The summed E-state index contributed by atoms with van der Waals surface area (Å²) in [5, 5.41) is 1.58. The van der Waals surface area contributed by atoms with E-state index in [4.69, 9.17) is 11.6 Å². The van der Waals surface area contributed by atoms with Gasteiger partial charge in [-0.2, -0.15) is 0 Å². The number of carbonyl (C=O) groups is 1. The number of rotatable bonds is 4. The van der Waals surface area contributed by atoms with Crippen LogP contribution in [0, 0.1) is 6.92 Å². The molecule has 0 bridgehead atoms.